The molecule has 0 radical (unpaired) electrons. The highest BCUT2D eigenvalue weighted by Crippen LogP contribution is 2.32. The lowest BCUT2D eigenvalue weighted by atomic mass is 10.2. The second-order valence-corrected chi connectivity index (χ2v) is 4.83. The van der Waals surface area contributed by atoms with Crippen LogP contribution in [0.4, 0.5) is 5.69 Å². The zero-order valence-electron chi connectivity index (χ0n) is 10.7. The number of benzene rings is 2. The Morgan fingerprint density at radius 2 is 2.00 bits per heavy atom. The first-order valence-electron chi connectivity index (χ1n) is 5.80. The SMILES string of the molecule is COc1ccc([N+](=O)[O-])c(OCc2ccccc2Br)c1. The van der Waals surface area contributed by atoms with Gasteiger partial charge in [0.05, 0.1) is 12.0 Å². The van der Waals surface area contributed by atoms with Gasteiger partial charge in [0.15, 0.2) is 0 Å². The molecule has 5 nitrogen and oxygen atoms in total. The number of hydrogen-bond donors (Lipinski definition) is 0. The lowest BCUT2D eigenvalue weighted by molar-refractivity contribution is -0.386. The van der Waals surface area contributed by atoms with Crippen molar-refractivity contribution in [3.05, 3.63) is 62.6 Å². The molecule has 0 saturated carbocycles. The van der Waals surface area contributed by atoms with Gasteiger partial charge < -0.3 is 9.47 Å². The lowest BCUT2D eigenvalue weighted by Gasteiger charge is -2.09. The van der Waals surface area contributed by atoms with Crippen LogP contribution in [0.2, 0.25) is 0 Å². The lowest BCUT2D eigenvalue weighted by Crippen LogP contribution is -2.00. The van der Waals surface area contributed by atoms with Gasteiger partial charge in [-0.15, -0.1) is 0 Å². The zero-order valence-corrected chi connectivity index (χ0v) is 12.3. The first-order chi connectivity index (χ1) is 9.61. The van der Waals surface area contributed by atoms with Crippen LogP contribution in [0.1, 0.15) is 5.56 Å². The monoisotopic (exact) mass is 337 g/mol. The van der Waals surface area contributed by atoms with Gasteiger partial charge in [-0.1, -0.05) is 34.1 Å². The van der Waals surface area contributed by atoms with E-state index in [0.717, 1.165) is 10.0 Å². The summed E-state index contributed by atoms with van der Waals surface area (Å²) < 4.78 is 11.5. The second-order valence-electron chi connectivity index (χ2n) is 3.97. The van der Waals surface area contributed by atoms with E-state index in [9.17, 15) is 10.1 Å². The average molecular weight is 338 g/mol. The van der Waals surface area contributed by atoms with Gasteiger partial charge in [-0.3, -0.25) is 10.1 Å². The van der Waals surface area contributed by atoms with Gasteiger partial charge in [0, 0.05) is 22.2 Å². The van der Waals surface area contributed by atoms with Crippen molar-refractivity contribution in [1.82, 2.24) is 0 Å². The number of hydrogen-bond acceptors (Lipinski definition) is 4. The van der Waals surface area contributed by atoms with Crippen molar-refractivity contribution in [3.63, 3.8) is 0 Å². The number of nitro benzene ring substituents is 1. The molecule has 0 heterocycles. The van der Waals surface area contributed by atoms with Crippen LogP contribution in [0.5, 0.6) is 11.5 Å². The Morgan fingerprint density at radius 3 is 2.65 bits per heavy atom. The Morgan fingerprint density at radius 1 is 1.25 bits per heavy atom. The van der Waals surface area contributed by atoms with Crippen LogP contribution in [0.15, 0.2) is 46.9 Å². The largest absolute Gasteiger partial charge is 0.497 e. The number of rotatable bonds is 5. The molecule has 0 aliphatic carbocycles. The topological polar surface area (TPSA) is 61.6 Å². The summed E-state index contributed by atoms with van der Waals surface area (Å²) in [4.78, 5) is 10.5. The van der Waals surface area contributed by atoms with Crippen molar-refractivity contribution < 1.29 is 14.4 Å². The fourth-order valence-corrected chi connectivity index (χ4v) is 2.06. The Labute approximate surface area is 124 Å². The van der Waals surface area contributed by atoms with Crippen molar-refractivity contribution in [3.8, 4) is 11.5 Å². The molecule has 0 unspecified atom stereocenters. The molecule has 0 aliphatic heterocycles. The standard InChI is InChI=1S/C14H12BrNO4/c1-19-11-6-7-13(16(17)18)14(8-11)20-9-10-4-2-3-5-12(10)15/h2-8H,9H2,1H3. The van der Waals surface area contributed by atoms with E-state index in [1.54, 1.807) is 0 Å². The molecular weight excluding hydrogens is 326 g/mol. The third-order valence-corrected chi connectivity index (χ3v) is 3.48. The summed E-state index contributed by atoms with van der Waals surface area (Å²) in [5.74, 6) is 0.697. The molecule has 20 heavy (non-hydrogen) atoms. The number of nitro groups is 1. The Balaban J connectivity index is 2.24. The molecule has 0 aromatic heterocycles. The zero-order chi connectivity index (χ0) is 14.5. The summed E-state index contributed by atoms with van der Waals surface area (Å²) in [5.41, 5.74) is 0.822. The summed E-state index contributed by atoms with van der Waals surface area (Å²) in [6.07, 6.45) is 0. The fraction of sp³-hybridized carbons (Fsp3) is 0.143. The van der Waals surface area contributed by atoms with Crippen LogP contribution in [-0.4, -0.2) is 12.0 Å². The van der Waals surface area contributed by atoms with Crippen LogP contribution in [0.3, 0.4) is 0 Å². The predicted octanol–water partition coefficient (Wildman–Crippen LogP) is 3.94. The molecule has 104 valence electrons. The Hall–Kier alpha value is -2.08. The first kappa shape index (κ1) is 14.3. The quantitative estimate of drug-likeness (QED) is 0.612. The highest BCUT2D eigenvalue weighted by molar-refractivity contribution is 9.10. The molecule has 2 aromatic carbocycles. The maximum absolute atomic E-state index is 11.0. The molecule has 2 rings (SSSR count). The predicted molar refractivity (Wildman–Crippen MR) is 78.1 cm³/mol. The minimum atomic E-state index is -0.477. The van der Waals surface area contributed by atoms with E-state index in [4.69, 9.17) is 9.47 Å². The summed E-state index contributed by atoms with van der Waals surface area (Å²) in [6, 6.07) is 12.0. The molecule has 0 amide bonds. The summed E-state index contributed by atoms with van der Waals surface area (Å²) in [5, 5.41) is 11.0. The van der Waals surface area contributed by atoms with Crippen molar-refractivity contribution >= 4 is 21.6 Å². The third kappa shape index (κ3) is 3.27. The van der Waals surface area contributed by atoms with Crippen molar-refractivity contribution in [1.29, 1.82) is 0 Å². The maximum atomic E-state index is 11.0. The van der Waals surface area contributed by atoms with Crippen LogP contribution < -0.4 is 9.47 Å². The second kappa shape index (κ2) is 6.38. The van der Waals surface area contributed by atoms with Crippen LogP contribution >= 0.6 is 15.9 Å². The number of nitrogens with zero attached hydrogens (tertiary/aromatic N) is 1. The normalized spacial score (nSPS) is 10.1. The molecular formula is C14H12BrNO4. The minimum absolute atomic E-state index is 0.0853. The van der Waals surface area contributed by atoms with E-state index >= 15 is 0 Å². The van der Waals surface area contributed by atoms with Gasteiger partial charge in [-0.2, -0.15) is 0 Å². The van der Waals surface area contributed by atoms with Crippen LogP contribution in [-0.2, 0) is 6.61 Å². The van der Waals surface area contributed by atoms with Crippen LogP contribution in [0, 0.1) is 10.1 Å². The van der Waals surface area contributed by atoms with E-state index in [-0.39, 0.29) is 18.0 Å². The van der Waals surface area contributed by atoms with Crippen molar-refractivity contribution in [2.45, 2.75) is 6.61 Å². The van der Waals surface area contributed by atoms with Gasteiger partial charge >= 0.3 is 5.69 Å². The van der Waals surface area contributed by atoms with Gasteiger partial charge in [0.25, 0.3) is 0 Å². The average Bonchev–Trinajstić information content (AvgIpc) is 2.46. The molecule has 0 spiro atoms. The summed E-state index contributed by atoms with van der Waals surface area (Å²) in [6.45, 7) is 0.232. The van der Waals surface area contributed by atoms with Gasteiger partial charge in [0.2, 0.25) is 5.75 Å². The molecule has 0 saturated heterocycles. The Bertz CT molecular complexity index is 630. The highest BCUT2D eigenvalue weighted by Gasteiger charge is 2.16. The Kier molecular flexibility index (Phi) is 4.57. The minimum Gasteiger partial charge on any atom is -0.497 e. The molecule has 0 bridgehead atoms. The highest BCUT2D eigenvalue weighted by atomic mass is 79.9. The summed E-state index contributed by atoms with van der Waals surface area (Å²) in [7, 11) is 1.50. The molecule has 0 fully saturated rings. The summed E-state index contributed by atoms with van der Waals surface area (Å²) >= 11 is 3.41. The first-order valence-corrected chi connectivity index (χ1v) is 6.59. The van der Waals surface area contributed by atoms with Crippen LogP contribution in [0.25, 0.3) is 0 Å². The van der Waals surface area contributed by atoms with Gasteiger partial charge in [-0.25, -0.2) is 0 Å². The van der Waals surface area contributed by atoms with Gasteiger partial charge in [-0.05, 0) is 12.1 Å². The van der Waals surface area contributed by atoms with E-state index in [2.05, 4.69) is 15.9 Å². The molecule has 0 N–H and O–H groups in total. The molecule has 0 aliphatic rings. The number of methoxy groups -OCH3 is 1. The molecule has 0 atom stereocenters. The fourth-order valence-electron chi connectivity index (χ4n) is 1.66. The van der Waals surface area contributed by atoms with Crippen molar-refractivity contribution in [2.75, 3.05) is 7.11 Å². The van der Waals surface area contributed by atoms with E-state index in [1.807, 2.05) is 24.3 Å². The third-order valence-electron chi connectivity index (χ3n) is 2.70. The van der Waals surface area contributed by atoms with E-state index in [0.29, 0.717) is 5.75 Å². The molecule has 2 aromatic rings. The van der Waals surface area contributed by atoms with Crippen molar-refractivity contribution in [2.24, 2.45) is 0 Å². The van der Waals surface area contributed by atoms with Gasteiger partial charge in [0.1, 0.15) is 12.4 Å². The smallest absolute Gasteiger partial charge is 0.311 e. The van der Waals surface area contributed by atoms with E-state index in [1.165, 1.54) is 25.3 Å². The number of halogens is 1. The number of ether oxygens (including phenoxy) is 2. The maximum Gasteiger partial charge on any atom is 0.311 e. The van der Waals surface area contributed by atoms with E-state index < -0.39 is 4.92 Å². The molecule has 6 heteroatoms.